The molecule has 2 aromatic rings. The lowest BCUT2D eigenvalue weighted by Gasteiger charge is -2.21. The first-order valence-electron chi connectivity index (χ1n) is 7.53. The van der Waals surface area contributed by atoms with Crippen LogP contribution < -0.4 is 0 Å². The molecule has 26 heavy (non-hydrogen) atoms. The van der Waals surface area contributed by atoms with Crippen molar-refractivity contribution in [3.8, 4) is 23.0 Å². The standard InChI is InChI=1S/C18H18O8/c19-9-16(18(25)11-3-5-13(21)15(23)8-11)26-17(24)6-2-10-1-4-12(20)14(22)7-10/h1-8,16,18-23,25H,9H2/b6-2+. The van der Waals surface area contributed by atoms with E-state index in [0.717, 1.165) is 18.2 Å². The van der Waals surface area contributed by atoms with E-state index >= 15 is 0 Å². The van der Waals surface area contributed by atoms with Crippen molar-refractivity contribution in [3.05, 3.63) is 53.6 Å². The quantitative estimate of drug-likeness (QED) is 0.255. The monoisotopic (exact) mass is 362 g/mol. The van der Waals surface area contributed by atoms with Crippen LogP contribution in [0.15, 0.2) is 42.5 Å². The number of aromatic hydroxyl groups is 4. The number of aliphatic hydroxyl groups excluding tert-OH is 2. The van der Waals surface area contributed by atoms with E-state index in [1.54, 1.807) is 0 Å². The summed E-state index contributed by atoms with van der Waals surface area (Å²) in [5.41, 5.74) is 0.557. The molecule has 2 rings (SSSR count). The van der Waals surface area contributed by atoms with E-state index in [2.05, 4.69) is 0 Å². The summed E-state index contributed by atoms with van der Waals surface area (Å²) >= 11 is 0. The SMILES string of the molecule is O=C(/C=C/c1ccc(O)c(O)c1)OC(CO)C(O)c1ccc(O)c(O)c1. The minimum Gasteiger partial charge on any atom is -0.504 e. The Bertz CT molecular complexity index is 815. The minimum atomic E-state index is -1.43. The van der Waals surface area contributed by atoms with Crippen LogP contribution in [0.3, 0.4) is 0 Å². The Hall–Kier alpha value is -3.23. The molecule has 0 saturated heterocycles. The maximum absolute atomic E-state index is 11.9. The number of rotatable bonds is 6. The van der Waals surface area contributed by atoms with Crippen molar-refractivity contribution >= 4 is 12.0 Å². The summed E-state index contributed by atoms with van der Waals surface area (Å²) in [5.74, 6) is -2.35. The summed E-state index contributed by atoms with van der Waals surface area (Å²) < 4.78 is 4.98. The second-order valence-corrected chi connectivity index (χ2v) is 5.43. The van der Waals surface area contributed by atoms with Gasteiger partial charge in [0.15, 0.2) is 29.1 Å². The summed E-state index contributed by atoms with van der Waals surface area (Å²) in [7, 11) is 0. The number of aliphatic hydroxyl groups is 2. The van der Waals surface area contributed by atoms with Crippen LogP contribution in [0.25, 0.3) is 6.08 Å². The van der Waals surface area contributed by atoms with Crippen LogP contribution in [0, 0.1) is 0 Å². The van der Waals surface area contributed by atoms with Crippen molar-refractivity contribution in [3.63, 3.8) is 0 Å². The van der Waals surface area contributed by atoms with E-state index in [1.807, 2.05) is 0 Å². The molecule has 2 unspecified atom stereocenters. The molecule has 0 spiro atoms. The molecule has 0 aliphatic heterocycles. The third kappa shape index (κ3) is 4.65. The van der Waals surface area contributed by atoms with Crippen LogP contribution in [0.5, 0.6) is 23.0 Å². The van der Waals surface area contributed by atoms with Crippen molar-refractivity contribution < 1.29 is 40.2 Å². The molecule has 0 aliphatic carbocycles. The number of carbonyl (C=O) groups is 1. The first kappa shape index (κ1) is 19.1. The Labute approximate surface area is 148 Å². The predicted octanol–water partition coefficient (Wildman–Crippen LogP) is 1.16. The molecule has 8 nitrogen and oxygen atoms in total. The molecule has 8 heteroatoms. The number of ether oxygens (including phenoxy) is 1. The van der Waals surface area contributed by atoms with Crippen LogP contribution in [-0.4, -0.2) is 49.3 Å². The number of carbonyl (C=O) groups excluding carboxylic acids is 1. The zero-order valence-corrected chi connectivity index (χ0v) is 13.5. The third-order valence-corrected chi connectivity index (χ3v) is 3.55. The number of benzene rings is 2. The van der Waals surface area contributed by atoms with Crippen molar-refractivity contribution in [2.45, 2.75) is 12.2 Å². The lowest BCUT2D eigenvalue weighted by atomic mass is 10.0. The molecule has 0 aliphatic rings. The summed E-state index contributed by atoms with van der Waals surface area (Å²) in [6.45, 7) is -0.678. The fraction of sp³-hybridized carbons (Fsp3) is 0.167. The molecule has 0 radical (unpaired) electrons. The number of esters is 1. The maximum Gasteiger partial charge on any atom is 0.331 e. The number of phenolic OH excluding ortho intramolecular Hbond substituents is 4. The Morgan fingerprint density at radius 2 is 1.58 bits per heavy atom. The third-order valence-electron chi connectivity index (χ3n) is 3.55. The maximum atomic E-state index is 11.9. The molecule has 0 amide bonds. The lowest BCUT2D eigenvalue weighted by molar-refractivity contribution is -0.152. The molecule has 138 valence electrons. The average Bonchev–Trinajstić information content (AvgIpc) is 2.62. The van der Waals surface area contributed by atoms with Gasteiger partial charge >= 0.3 is 5.97 Å². The molecule has 0 heterocycles. The van der Waals surface area contributed by atoms with Gasteiger partial charge in [-0.05, 0) is 41.5 Å². The highest BCUT2D eigenvalue weighted by atomic mass is 16.6. The molecule has 6 N–H and O–H groups in total. The van der Waals surface area contributed by atoms with Crippen LogP contribution in [0.2, 0.25) is 0 Å². The average molecular weight is 362 g/mol. The Morgan fingerprint density at radius 3 is 2.15 bits per heavy atom. The lowest BCUT2D eigenvalue weighted by Crippen LogP contribution is -2.28. The molecule has 0 saturated carbocycles. The van der Waals surface area contributed by atoms with Gasteiger partial charge < -0.3 is 35.4 Å². The molecule has 2 atom stereocenters. The van der Waals surface area contributed by atoms with E-state index in [4.69, 9.17) is 4.74 Å². The van der Waals surface area contributed by atoms with Crippen molar-refractivity contribution in [2.24, 2.45) is 0 Å². The van der Waals surface area contributed by atoms with Crippen LogP contribution in [0.4, 0.5) is 0 Å². The summed E-state index contributed by atoms with van der Waals surface area (Å²) in [6.07, 6.45) is -0.393. The molecule has 0 fully saturated rings. The van der Waals surface area contributed by atoms with E-state index in [-0.39, 0.29) is 22.8 Å². The van der Waals surface area contributed by atoms with Gasteiger partial charge in [-0.3, -0.25) is 0 Å². The van der Waals surface area contributed by atoms with Crippen molar-refractivity contribution in [1.29, 1.82) is 0 Å². The van der Waals surface area contributed by atoms with Gasteiger partial charge in [0.1, 0.15) is 6.10 Å². The van der Waals surface area contributed by atoms with Gasteiger partial charge in [0.05, 0.1) is 6.61 Å². The highest BCUT2D eigenvalue weighted by Crippen LogP contribution is 2.30. The second kappa shape index (κ2) is 8.24. The number of hydrogen-bond acceptors (Lipinski definition) is 8. The second-order valence-electron chi connectivity index (χ2n) is 5.43. The summed E-state index contributed by atoms with van der Waals surface area (Å²) in [4.78, 5) is 11.9. The van der Waals surface area contributed by atoms with Gasteiger partial charge in [-0.25, -0.2) is 4.79 Å². The fourth-order valence-electron chi connectivity index (χ4n) is 2.14. The van der Waals surface area contributed by atoms with Gasteiger partial charge in [-0.15, -0.1) is 0 Å². The highest BCUT2D eigenvalue weighted by Gasteiger charge is 2.24. The molecule has 0 bridgehead atoms. The zero-order valence-electron chi connectivity index (χ0n) is 13.5. The predicted molar refractivity (Wildman–Crippen MR) is 90.5 cm³/mol. The van der Waals surface area contributed by atoms with E-state index < -0.39 is 30.5 Å². The Morgan fingerprint density at radius 1 is 0.962 bits per heavy atom. The molecular weight excluding hydrogens is 344 g/mol. The normalized spacial score (nSPS) is 13.5. The van der Waals surface area contributed by atoms with Gasteiger partial charge in [0.2, 0.25) is 0 Å². The van der Waals surface area contributed by atoms with Crippen LogP contribution >= 0.6 is 0 Å². The smallest absolute Gasteiger partial charge is 0.331 e. The highest BCUT2D eigenvalue weighted by molar-refractivity contribution is 5.87. The first-order chi connectivity index (χ1) is 12.3. The van der Waals surface area contributed by atoms with E-state index in [1.165, 1.54) is 30.3 Å². The van der Waals surface area contributed by atoms with Crippen LogP contribution in [0.1, 0.15) is 17.2 Å². The Kier molecular flexibility index (Phi) is 6.05. The number of hydrogen-bond donors (Lipinski definition) is 6. The topological polar surface area (TPSA) is 148 Å². The largest absolute Gasteiger partial charge is 0.504 e. The molecule has 2 aromatic carbocycles. The number of phenols is 4. The van der Waals surface area contributed by atoms with Crippen molar-refractivity contribution in [2.75, 3.05) is 6.61 Å². The van der Waals surface area contributed by atoms with Gasteiger partial charge in [0, 0.05) is 6.08 Å². The summed E-state index contributed by atoms with van der Waals surface area (Å²) in [6, 6.07) is 7.49. The van der Waals surface area contributed by atoms with E-state index in [0.29, 0.717) is 5.56 Å². The zero-order chi connectivity index (χ0) is 19.3. The summed E-state index contributed by atoms with van der Waals surface area (Å²) in [5, 5.41) is 56.9. The van der Waals surface area contributed by atoms with Crippen LogP contribution in [-0.2, 0) is 9.53 Å². The van der Waals surface area contributed by atoms with Gasteiger partial charge in [-0.2, -0.15) is 0 Å². The first-order valence-corrected chi connectivity index (χ1v) is 7.53. The minimum absolute atomic E-state index is 0.139. The molecular formula is C18H18O8. The fourth-order valence-corrected chi connectivity index (χ4v) is 2.14. The van der Waals surface area contributed by atoms with Gasteiger partial charge in [-0.1, -0.05) is 12.1 Å². The molecule has 0 aromatic heterocycles. The van der Waals surface area contributed by atoms with E-state index in [9.17, 15) is 35.4 Å². The van der Waals surface area contributed by atoms with Crippen molar-refractivity contribution in [1.82, 2.24) is 0 Å². The Balaban J connectivity index is 2.05. The van der Waals surface area contributed by atoms with Gasteiger partial charge in [0.25, 0.3) is 0 Å².